The Bertz CT molecular complexity index is 376. The molecule has 0 spiro atoms. The number of aromatic nitrogens is 2. The van der Waals surface area contributed by atoms with Crippen LogP contribution in [0.15, 0.2) is 6.20 Å². The molecular weight excluding hydrogens is 220 g/mol. The van der Waals surface area contributed by atoms with Gasteiger partial charge in [-0.05, 0) is 5.41 Å². The van der Waals surface area contributed by atoms with E-state index in [1.54, 1.807) is 13.3 Å². The largest absolute Gasteiger partial charge is 0.480 e. The number of rotatable bonds is 4. The first kappa shape index (κ1) is 13.7. The summed E-state index contributed by atoms with van der Waals surface area (Å²) in [6.45, 7) is 6.18. The molecule has 0 aliphatic carbocycles. The molecular formula is C11H20N4O2. The summed E-state index contributed by atoms with van der Waals surface area (Å²) >= 11 is 0. The monoisotopic (exact) mass is 240 g/mol. The van der Waals surface area contributed by atoms with E-state index in [2.05, 4.69) is 36.2 Å². The summed E-state index contributed by atoms with van der Waals surface area (Å²) in [7, 11) is 3.08. The Morgan fingerprint density at radius 2 is 1.94 bits per heavy atom. The van der Waals surface area contributed by atoms with Gasteiger partial charge in [0.25, 0.3) is 0 Å². The van der Waals surface area contributed by atoms with Crippen molar-refractivity contribution < 1.29 is 9.47 Å². The maximum atomic E-state index is 5.58. The number of nitrogens with zero attached hydrogens (tertiary/aromatic N) is 2. The summed E-state index contributed by atoms with van der Waals surface area (Å²) in [6.07, 6.45) is 1.55. The maximum Gasteiger partial charge on any atom is 0.240 e. The number of nitrogens with one attached hydrogen (secondary N) is 1. The predicted octanol–water partition coefficient (Wildman–Crippen LogP) is 1.04. The molecule has 96 valence electrons. The minimum Gasteiger partial charge on any atom is -0.480 e. The van der Waals surface area contributed by atoms with E-state index in [-0.39, 0.29) is 11.5 Å². The quantitative estimate of drug-likeness (QED) is 0.604. The zero-order valence-electron chi connectivity index (χ0n) is 10.9. The molecule has 0 saturated carbocycles. The van der Waals surface area contributed by atoms with E-state index in [0.29, 0.717) is 17.5 Å². The van der Waals surface area contributed by atoms with Gasteiger partial charge in [-0.2, -0.15) is 4.98 Å². The lowest BCUT2D eigenvalue weighted by Crippen LogP contribution is -2.37. The zero-order chi connectivity index (χ0) is 13.1. The topological polar surface area (TPSA) is 82.3 Å². The predicted molar refractivity (Wildman–Crippen MR) is 64.7 cm³/mol. The van der Waals surface area contributed by atoms with E-state index in [4.69, 9.17) is 15.3 Å². The average molecular weight is 240 g/mol. The number of ether oxygens (including phenoxy) is 2. The van der Waals surface area contributed by atoms with Crippen molar-refractivity contribution in [2.24, 2.45) is 11.3 Å². The number of nitrogens with two attached hydrogens (primary N) is 1. The highest BCUT2D eigenvalue weighted by Crippen LogP contribution is 2.35. The van der Waals surface area contributed by atoms with Crippen LogP contribution in [0.3, 0.4) is 0 Å². The van der Waals surface area contributed by atoms with Crippen molar-refractivity contribution >= 4 is 0 Å². The number of hydrogen-bond donors (Lipinski definition) is 2. The Morgan fingerprint density at radius 1 is 1.29 bits per heavy atom. The van der Waals surface area contributed by atoms with Crippen LogP contribution < -0.4 is 20.7 Å². The number of hydrazine groups is 1. The Kier molecular flexibility index (Phi) is 4.25. The molecule has 17 heavy (non-hydrogen) atoms. The summed E-state index contributed by atoms with van der Waals surface area (Å²) in [4.78, 5) is 8.49. The van der Waals surface area contributed by atoms with E-state index in [0.717, 1.165) is 0 Å². The second kappa shape index (κ2) is 5.29. The fraction of sp³-hybridized carbons (Fsp3) is 0.636. The third-order valence-corrected chi connectivity index (χ3v) is 2.45. The van der Waals surface area contributed by atoms with Gasteiger partial charge in [-0.15, -0.1) is 0 Å². The van der Waals surface area contributed by atoms with Gasteiger partial charge in [0.05, 0.1) is 26.5 Å². The highest BCUT2D eigenvalue weighted by Gasteiger charge is 2.30. The molecule has 0 bridgehead atoms. The summed E-state index contributed by atoms with van der Waals surface area (Å²) in [5.41, 5.74) is 3.31. The van der Waals surface area contributed by atoms with Gasteiger partial charge in [-0.3, -0.25) is 11.3 Å². The van der Waals surface area contributed by atoms with E-state index in [1.807, 2.05) is 0 Å². The van der Waals surface area contributed by atoms with Crippen molar-refractivity contribution in [2.45, 2.75) is 26.8 Å². The maximum absolute atomic E-state index is 5.58. The molecule has 1 unspecified atom stereocenters. The lowest BCUT2D eigenvalue weighted by atomic mass is 9.85. The standard InChI is InChI=1S/C11H20N4O2/c1-11(2,3)9(15-12)8-10(17-5)14-7(16-4)6-13-8/h6,9,15H,12H2,1-5H3. The molecule has 6 heteroatoms. The van der Waals surface area contributed by atoms with Crippen LogP contribution >= 0.6 is 0 Å². The fourth-order valence-corrected chi connectivity index (χ4v) is 1.55. The smallest absolute Gasteiger partial charge is 0.240 e. The van der Waals surface area contributed by atoms with Crippen molar-refractivity contribution in [3.8, 4) is 11.8 Å². The Balaban J connectivity index is 3.20. The van der Waals surface area contributed by atoms with Gasteiger partial charge in [0.15, 0.2) is 0 Å². The van der Waals surface area contributed by atoms with Crippen LogP contribution in [0.1, 0.15) is 32.5 Å². The summed E-state index contributed by atoms with van der Waals surface area (Å²) in [5.74, 6) is 6.41. The first-order chi connectivity index (χ1) is 7.93. The number of hydrogen-bond acceptors (Lipinski definition) is 6. The molecule has 1 heterocycles. The van der Waals surface area contributed by atoms with Crippen LogP contribution in [0.4, 0.5) is 0 Å². The minimum absolute atomic E-state index is 0.106. The van der Waals surface area contributed by atoms with Crippen LogP contribution in [0.2, 0.25) is 0 Å². The molecule has 1 rings (SSSR count). The third-order valence-electron chi connectivity index (χ3n) is 2.45. The molecule has 0 radical (unpaired) electrons. The van der Waals surface area contributed by atoms with Crippen molar-refractivity contribution in [1.82, 2.24) is 15.4 Å². The molecule has 0 fully saturated rings. The molecule has 1 aromatic rings. The molecule has 3 N–H and O–H groups in total. The fourth-order valence-electron chi connectivity index (χ4n) is 1.55. The zero-order valence-corrected chi connectivity index (χ0v) is 10.9. The van der Waals surface area contributed by atoms with Crippen molar-refractivity contribution in [1.29, 1.82) is 0 Å². The summed E-state index contributed by atoms with van der Waals surface area (Å²) in [5, 5.41) is 0. The Labute approximate surface area is 102 Å². The van der Waals surface area contributed by atoms with Crippen LogP contribution in [-0.2, 0) is 0 Å². The highest BCUT2D eigenvalue weighted by atomic mass is 16.5. The highest BCUT2D eigenvalue weighted by molar-refractivity contribution is 5.26. The summed E-state index contributed by atoms with van der Waals surface area (Å²) in [6, 6.07) is -0.157. The van der Waals surface area contributed by atoms with E-state index >= 15 is 0 Å². The molecule has 0 aliphatic heterocycles. The van der Waals surface area contributed by atoms with E-state index in [9.17, 15) is 0 Å². The molecule has 0 aliphatic rings. The van der Waals surface area contributed by atoms with Gasteiger partial charge in [-0.1, -0.05) is 20.8 Å². The SMILES string of the molecule is COc1cnc(C(NN)C(C)(C)C)c(OC)n1. The first-order valence-electron chi connectivity index (χ1n) is 5.35. The van der Waals surface area contributed by atoms with Crippen molar-refractivity contribution in [3.05, 3.63) is 11.9 Å². The van der Waals surface area contributed by atoms with Gasteiger partial charge in [-0.25, -0.2) is 4.98 Å². The average Bonchev–Trinajstić information content (AvgIpc) is 2.28. The van der Waals surface area contributed by atoms with Gasteiger partial charge in [0.2, 0.25) is 11.8 Å². The molecule has 0 aromatic carbocycles. The molecule has 1 atom stereocenters. The Morgan fingerprint density at radius 3 is 2.35 bits per heavy atom. The second-order valence-corrected chi connectivity index (χ2v) is 4.77. The van der Waals surface area contributed by atoms with Crippen LogP contribution in [0, 0.1) is 5.41 Å². The van der Waals surface area contributed by atoms with Crippen LogP contribution in [0.5, 0.6) is 11.8 Å². The lowest BCUT2D eigenvalue weighted by molar-refractivity contribution is 0.256. The van der Waals surface area contributed by atoms with Crippen molar-refractivity contribution in [3.63, 3.8) is 0 Å². The van der Waals surface area contributed by atoms with Gasteiger partial charge in [0.1, 0.15) is 5.69 Å². The van der Waals surface area contributed by atoms with E-state index < -0.39 is 0 Å². The summed E-state index contributed by atoms with van der Waals surface area (Å²) < 4.78 is 10.2. The van der Waals surface area contributed by atoms with Crippen LogP contribution in [0.25, 0.3) is 0 Å². The Hall–Kier alpha value is -1.40. The minimum atomic E-state index is -0.157. The van der Waals surface area contributed by atoms with Gasteiger partial charge >= 0.3 is 0 Å². The van der Waals surface area contributed by atoms with Gasteiger partial charge in [0, 0.05) is 0 Å². The lowest BCUT2D eigenvalue weighted by Gasteiger charge is -2.29. The van der Waals surface area contributed by atoms with E-state index in [1.165, 1.54) is 7.11 Å². The van der Waals surface area contributed by atoms with Crippen LogP contribution in [-0.4, -0.2) is 24.2 Å². The second-order valence-electron chi connectivity index (χ2n) is 4.77. The van der Waals surface area contributed by atoms with Gasteiger partial charge < -0.3 is 9.47 Å². The molecule has 1 aromatic heterocycles. The number of methoxy groups -OCH3 is 2. The molecule has 0 saturated heterocycles. The molecule has 6 nitrogen and oxygen atoms in total. The molecule has 0 amide bonds. The van der Waals surface area contributed by atoms with Crippen molar-refractivity contribution in [2.75, 3.05) is 14.2 Å². The normalized spacial score (nSPS) is 13.3. The first-order valence-corrected chi connectivity index (χ1v) is 5.35. The third kappa shape index (κ3) is 3.04.